The van der Waals surface area contributed by atoms with Gasteiger partial charge in [-0.1, -0.05) is 54.9 Å². The zero-order chi connectivity index (χ0) is 24.9. The maximum Gasteiger partial charge on any atom is 0.411 e. The van der Waals surface area contributed by atoms with E-state index in [1.54, 1.807) is 55.6 Å². The number of fused-ring (bicyclic) bond motifs is 2. The lowest BCUT2D eigenvalue weighted by Crippen LogP contribution is -2.52. The highest BCUT2D eigenvalue weighted by Gasteiger charge is 2.45. The molecular weight excluding hydrogens is 472 g/mol. The fourth-order valence-electron chi connectivity index (χ4n) is 4.99. The number of hydrogen-bond donors (Lipinski definition) is 3. The molecule has 0 aliphatic carbocycles. The summed E-state index contributed by atoms with van der Waals surface area (Å²) < 4.78 is 37.3. The first kappa shape index (κ1) is 23.2. The number of aromatic amines is 1. The number of carbonyl (C=O) groups is 1. The van der Waals surface area contributed by atoms with Crippen LogP contribution in [0.15, 0.2) is 60.8 Å². The Morgan fingerprint density at radius 3 is 2.60 bits per heavy atom. The number of benzene rings is 3. The predicted octanol–water partition coefficient (Wildman–Crippen LogP) is 7.69. The normalized spacial score (nSPS) is 18.6. The molecule has 0 radical (unpaired) electrons. The molecule has 1 aromatic heterocycles. The van der Waals surface area contributed by atoms with Crippen LogP contribution in [0.2, 0.25) is 5.02 Å². The second-order valence-electron chi connectivity index (χ2n) is 9.33. The van der Waals surface area contributed by atoms with Crippen molar-refractivity contribution in [3.63, 3.8) is 0 Å². The van der Waals surface area contributed by atoms with Crippen molar-refractivity contribution in [2.24, 2.45) is 0 Å². The highest BCUT2D eigenvalue weighted by Crippen LogP contribution is 2.46. The Morgan fingerprint density at radius 1 is 1.11 bits per heavy atom. The van der Waals surface area contributed by atoms with E-state index in [0.717, 1.165) is 0 Å². The molecule has 0 saturated heterocycles. The molecule has 0 fully saturated rings. The zero-order valence-electron chi connectivity index (χ0n) is 19.4. The van der Waals surface area contributed by atoms with Gasteiger partial charge in [0.05, 0.1) is 21.6 Å². The summed E-state index contributed by atoms with van der Waals surface area (Å²) in [6, 6.07) is 15.4. The van der Waals surface area contributed by atoms with Gasteiger partial charge in [0.25, 0.3) is 0 Å². The average Bonchev–Trinajstić information content (AvgIpc) is 3.18. The summed E-state index contributed by atoms with van der Waals surface area (Å²) in [5, 5.41) is 7.01. The number of rotatable bonds is 3. The number of hydrogen-bond acceptors (Lipinski definition) is 3. The van der Waals surface area contributed by atoms with Gasteiger partial charge in [0.2, 0.25) is 0 Å². The largest absolute Gasteiger partial charge is 0.443 e. The van der Waals surface area contributed by atoms with Crippen LogP contribution in [0.3, 0.4) is 0 Å². The number of carbonyl (C=O) groups excluding carboxylic acids is 1. The van der Waals surface area contributed by atoms with E-state index < -0.39 is 35.3 Å². The van der Waals surface area contributed by atoms with Crippen molar-refractivity contribution in [3.05, 3.63) is 83.0 Å². The minimum Gasteiger partial charge on any atom is -0.443 e. The van der Waals surface area contributed by atoms with Crippen molar-refractivity contribution in [1.29, 1.82) is 0 Å². The number of ether oxygens (including phenoxy) is 1. The number of H-pyrrole nitrogens is 1. The highest BCUT2D eigenvalue weighted by molar-refractivity contribution is 6.36. The van der Waals surface area contributed by atoms with Crippen molar-refractivity contribution in [2.45, 2.75) is 38.3 Å². The van der Waals surface area contributed by atoms with Crippen LogP contribution in [-0.4, -0.2) is 22.7 Å². The quantitative estimate of drug-likeness (QED) is 0.273. The summed E-state index contributed by atoms with van der Waals surface area (Å²) in [5.74, 6) is -1.96. The third-order valence-electron chi connectivity index (χ3n) is 6.52. The summed E-state index contributed by atoms with van der Waals surface area (Å²) in [7, 11) is 0. The molecule has 1 aliphatic heterocycles. The van der Waals surface area contributed by atoms with Crippen LogP contribution in [0.5, 0.6) is 0 Å². The Balaban J connectivity index is 1.55. The van der Waals surface area contributed by atoms with Crippen LogP contribution >= 0.6 is 11.6 Å². The lowest BCUT2D eigenvalue weighted by Gasteiger charge is -2.44. The monoisotopic (exact) mass is 495 g/mol. The number of anilines is 2. The third kappa shape index (κ3) is 4.00. The minimum atomic E-state index is -0.784. The Labute approximate surface area is 206 Å². The molecule has 3 aromatic carbocycles. The predicted molar refractivity (Wildman–Crippen MR) is 135 cm³/mol. The van der Waals surface area contributed by atoms with Gasteiger partial charge in [0.1, 0.15) is 17.7 Å². The van der Waals surface area contributed by atoms with E-state index in [-0.39, 0.29) is 11.1 Å². The molecule has 2 heterocycles. The first-order chi connectivity index (χ1) is 16.7. The molecule has 2 atom stereocenters. The van der Waals surface area contributed by atoms with Crippen molar-refractivity contribution >= 4 is 40.0 Å². The fourth-order valence-corrected chi connectivity index (χ4v) is 5.20. The number of para-hydroxylation sites is 2. The highest BCUT2D eigenvalue weighted by atomic mass is 35.5. The molecule has 3 N–H and O–H groups in total. The summed E-state index contributed by atoms with van der Waals surface area (Å²) in [4.78, 5) is 15.7. The molecule has 5 rings (SSSR count). The molecule has 35 heavy (non-hydrogen) atoms. The average molecular weight is 496 g/mol. The van der Waals surface area contributed by atoms with E-state index in [4.69, 9.17) is 16.3 Å². The Hall–Kier alpha value is -3.58. The van der Waals surface area contributed by atoms with Crippen LogP contribution < -0.4 is 10.6 Å². The molecule has 1 aliphatic rings. The zero-order valence-corrected chi connectivity index (χ0v) is 20.1. The van der Waals surface area contributed by atoms with Gasteiger partial charge in [-0.2, -0.15) is 0 Å². The van der Waals surface area contributed by atoms with Crippen molar-refractivity contribution in [3.8, 4) is 11.1 Å². The van der Waals surface area contributed by atoms with E-state index >= 15 is 8.78 Å². The standard InChI is InChI=1S/C27H24ClF2N3O2/c1-14-21-20(33-27(2,3)25(14)35-26(34)32-15-8-5-4-6-9-15)12-19(29)22(23(21)30)17-11-7-10-16-18(28)13-31-24(16)17/h4-14,25,31,33H,1-3H3,(H,32,34)/t14-,25+/m1/s1. The maximum absolute atomic E-state index is 16.1. The summed E-state index contributed by atoms with van der Waals surface area (Å²) in [6.45, 7) is 5.44. The van der Waals surface area contributed by atoms with Gasteiger partial charge in [-0.05, 0) is 32.0 Å². The van der Waals surface area contributed by atoms with E-state index in [1.165, 1.54) is 6.07 Å². The first-order valence-corrected chi connectivity index (χ1v) is 11.6. The van der Waals surface area contributed by atoms with Gasteiger partial charge in [-0.25, -0.2) is 13.6 Å². The van der Waals surface area contributed by atoms with Crippen LogP contribution in [0.4, 0.5) is 25.0 Å². The Morgan fingerprint density at radius 2 is 1.86 bits per heavy atom. The van der Waals surface area contributed by atoms with E-state index in [0.29, 0.717) is 32.9 Å². The van der Waals surface area contributed by atoms with Crippen molar-refractivity contribution in [1.82, 2.24) is 4.98 Å². The maximum atomic E-state index is 16.1. The third-order valence-corrected chi connectivity index (χ3v) is 6.83. The molecule has 1 amide bonds. The Bertz CT molecular complexity index is 1440. The van der Waals surface area contributed by atoms with Crippen LogP contribution in [0.1, 0.15) is 32.3 Å². The van der Waals surface area contributed by atoms with Crippen LogP contribution in [0, 0.1) is 11.6 Å². The molecule has 180 valence electrons. The second kappa shape index (κ2) is 8.57. The second-order valence-corrected chi connectivity index (χ2v) is 9.73. The van der Waals surface area contributed by atoms with Crippen molar-refractivity contribution in [2.75, 3.05) is 10.6 Å². The fraction of sp³-hybridized carbons (Fsp3) is 0.222. The van der Waals surface area contributed by atoms with E-state index in [9.17, 15) is 4.79 Å². The summed E-state index contributed by atoms with van der Waals surface area (Å²) in [6.07, 6.45) is 0.202. The minimum absolute atomic E-state index is 0.159. The van der Waals surface area contributed by atoms with Crippen molar-refractivity contribution < 1.29 is 18.3 Å². The van der Waals surface area contributed by atoms with Gasteiger partial charge in [-0.15, -0.1) is 0 Å². The molecule has 0 saturated carbocycles. The molecule has 0 bridgehead atoms. The molecule has 8 heteroatoms. The molecule has 4 aromatic rings. The smallest absolute Gasteiger partial charge is 0.411 e. The lowest BCUT2D eigenvalue weighted by molar-refractivity contribution is 0.0561. The number of halogens is 3. The lowest BCUT2D eigenvalue weighted by atomic mass is 9.77. The van der Waals surface area contributed by atoms with Gasteiger partial charge < -0.3 is 15.0 Å². The SMILES string of the molecule is C[C@@H]1c2c(cc(F)c(-c3cccc4c(Cl)c[nH]c34)c2F)NC(C)(C)[C@H]1OC(=O)Nc1ccccc1. The topological polar surface area (TPSA) is 66.1 Å². The van der Waals surface area contributed by atoms with Gasteiger partial charge in [-0.3, -0.25) is 5.32 Å². The van der Waals surface area contributed by atoms with E-state index in [1.807, 2.05) is 19.9 Å². The number of nitrogens with one attached hydrogen (secondary N) is 3. The molecule has 5 nitrogen and oxygen atoms in total. The van der Waals surface area contributed by atoms with Gasteiger partial charge >= 0.3 is 6.09 Å². The summed E-state index contributed by atoms with van der Waals surface area (Å²) >= 11 is 6.22. The Kier molecular flexibility index (Phi) is 5.68. The molecular formula is C27H24ClF2N3O2. The van der Waals surface area contributed by atoms with Crippen LogP contribution in [0.25, 0.3) is 22.0 Å². The van der Waals surface area contributed by atoms with E-state index in [2.05, 4.69) is 15.6 Å². The van der Waals surface area contributed by atoms with Gasteiger partial charge in [0.15, 0.2) is 0 Å². The number of aromatic nitrogens is 1. The first-order valence-electron chi connectivity index (χ1n) is 11.3. The van der Waals surface area contributed by atoms with Gasteiger partial charge in [0, 0.05) is 40.0 Å². The summed E-state index contributed by atoms with van der Waals surface area (Å²) in [5.41, 5.74) is 1.14. The molecule has 0 spiro atoms. The molecule has 0 unspecified atom stereocenters. The number of amides is 1. The van der Waals surface area contributed by atoms with Crippen LogP contribution in [-0.2, 0) is 4.74 Å².